The third-order valence-corrected chi connectivity index (χ3v) is 3.65. The van der Waals surface area contributed by atoms with Crippen LogP contribution in [-0.2, 0) is 13.2 Å². The molecule has 1 aromatic heterocycles. The van der Waals surface area contributed by atoms with Crippen LogP contribution in [0.4, 0.5) is 5.69 Å². The van der Waals surface area contributed by atoms with Gasteiger partial charge >= 0.3 is 0 Å². The molecule has 0 aliphatic carbocycles. The van der Waals surface area contributed by atoms with Crippen molar-refractivity contribution >= 4 is 17.0 Å². The fraction of sp³-hybridized carbons (Fsp3) is 0.286. The number of hydrogen-bond donors (Lipinski definition) is 1. The van der Waals surface area contributed by atoms with Crippen LogP contribution in [0.25, 0.3) is 0 Å². The van der Waals surface area contributed by atoms with Crippen LogP contribution < -0.4 is 4.90 Å². The number of nitrogens with zero attached hydrogens (tertiary/aromatic N) is 1. The molecule has 2 aromatic rings. The first-order chi connectivity index (χ1) is 8.20. The summed E-state index contributed by atoms with van der Waals surface area (Å²) in [4.78, 5) is 3.51. The number of rotatable bonds is 4. The van der Waals surface area contributed by atoms with E-state index in [0.717, 1.165) is 17.8 Å². The molecule has 1 heterocycles. The molecular formula is C14H17NOS. The minimum absolute atomic E-state index is 0.0891. The molecule has 0 spiro atoms. The number of hydrogen-bond acceptors (Lipinski definition) is 3. The summed E-state index contributed by atoms with van der Waals surface area (Å²) in [5.41, 5.74) is 3.28. The third kappa shape index (κ3) is 2.87. The Balaban J connectivity index is 2.21. The van der Waals surface area contributed by atoms with Crippen LogP contribution in [0.1, 0.15) is 16.0 Å². The lowest BCUT2D eigenvalue weighted by atomic mass is 10.1. The maximum absolute atomic E-state index is 9.39. The third-order valence-electron chi connectivity index (χ3n) is 2.79. The van der Waals surface area contributed by atoms with E-state index in [1.165, 1.54) is 10.4 Å². The first-order valence-corrected chi connectivity index (χ1v) is 6.52. The van der Waals surface area contributed by atoms with E-state index in [0.29, 0.717) is 0 Å². The van der Waals surface area contributed by atoms with Gasteiger partial charge in [0, 0.05) is 23.2 Å². The lowest BCUT2D eigenvalue weighted by Gasteiger charge is -2.21. The van der Waals surface area contributed by atoms with Gasteiger partial charge in [-0.05, 0) is 24.4 Å². The topological polar surface area (TPSA) is 23.5 Å². The molecule has 0 amide bonds. The van der Waals surface area contributed by atoms with E-state index < -0.39 is 0 Å². The Morgan fingerprint density at radius 3 is 2.76 bits per heavy atom. The van der Waals surface area contributed by atoms with Gasteiger partial charge in [0.25, 0.3) is 0 Å². The van der Waals surface area contributed by atoms with Gasteiger partial charge in [-0.15, -0.1) is 11.3 Å². The summed E-state index contributed by atoms with van der Waals surface area (Å²) in [7, 11) is 2.06. The molecule has 17 heavy (non-hydrogen) atoms. The smallest absolute Gasteiger partial charge is 0.0702 e. The number of benzene rings is 1. The highest BCUT2D eigenvalue weighted by atomic mass is 32.1. The Labute approximate surface area is 106 Å². The van der Waals surface area contributed by atoms with E-state index in [1.54, 1.807) is 11.3 Å². The van der Waals surface area contributed by atoms with Crippen LogP contribution in [0.2, 0.25) is 0 Å². The molecule has 0 saturated heterocycles. The number of thiophene rings is 1. The summed E-state index contributed by atoms with van der Waals surface area (Å²) < 4.78 is 0. The SMILES string of the molecule is Cc1ccc(N(C)Cc2cccs2)c(CO)c1. The summed E-state index contributed by atoms with van der Waals surface area (Å²) >= 11 is 1.76. The van der Waals surface area contributed by atoms with Crippen LogP contribution >= 0.6 is 11.3 Å². The van der Waals surface area contributed by atoms with Crippen molar-refractivity contribution in [3.05, 3.63) is 51.7 Å². The predicted molar refractivity (Wildman–Crippen MR) is 73.5 cm³/mol. The highest BCUT2D eigenvalue weighted by Crippen LogP contribution is 2.23. The first-order valence-electron chi connectivity index (χ1n) is 5.64. The number of aliphatic hydroxyl groups is 1. The quantitative estimate of drug-likeness (QED) is 0.897. The Hall–Kier alpha value is -1.32. The summed E-state index contributed by atoms with van der Waals surface area (Å²) in [6, 6.07) is 10.4. The zero-order valence-corrected chi connectivity index (χ0v) is 11.0. The molecule has 2 rings (SSSR count). The van der Waals surface area contributed by atoms with E-state index in [9.17, 15) is 5.11 Å². The van der Waals surface area contributed by atoms with Gasteiger partial charge in [-0.2, -0.15) is 0 Å². The van der Waals surface area contributed by atoms with Crippen LogP contribution in [0, 0.1) is 6.92 Å². The van der Waals surface area contributed by atoms with Gasteiger partial charge in [0.15, 0.2) is 0 Å². The zero-order chi connectivity index (χ0) is 12.3. The first kappa shape index (κ1) is 12.1. The Kier molecular flexibility index (Phi) is 3.82. The minimum atomic E-state index is 0.0891. The Morgan fingerprint density at radius 1 is 1.29 bits per heavy atom. The van der Waals surface area contributed by atoms with E-state index in [1.807, 2.05) is 13.0 Å². The Bertz CT molecular complexity index is 479. The zero-order valence-electron chi connectivity index (χ0n) is 10.2. The number of aliphatic hydroxyl groups excluding tert-OH is 1. The molecule has 2 nitrogen and oxygen atoms in total. The standard InChI is InChI=1S/C14H17NOS/c1-11-5-6-14(12(8-11)10-16)15(2)9-13-4-3-7-17-13/h3-8,16H,9-10H2,1-2H3. The van der Waals surface area contributed by atoms with Crippen LogP contribution in [0.3, 0.4) is 0 Å². The summed E-state index contributed by atoms with van der Waals surface area (Å²) in [5.74, 6) is 0. The lowest BCUT2D eigenvalue weighted by Crippen LogP contribution is -2.17. The van der Waals surface area contributed by atoms with Gasteiger partial charge in [-0.3, -0.25) is 0 Å². The van der Waals surface area contributed by atoms with Crippen molar-refractivity contribution in [3.63, 3.8) is 0 Å². The van der Waals surface area contributed by atoms with E-state index >= 15 is 0 Å². The van der Waals surface area contributed by atoms with E-state index in [-0.39, 0.29) is 6.61 Å². The van der Waals surface area contributed by atoms with E-state index in [2.05, 4.69) is 41.6 Å². The van der Waals surface area contributed by atoms with Crippen molar-refractivity contribution in [1.82, 2.24) is 0 Å². The van der Waals surface area contributed by atoms with Gasteiger partial charge in [0.05, 0.1) is 13.2 Å². The molecule has 0 bridgehead atoms. The van der Waals surface area contributed by atoms with Gasteiger partial charge in [-0.1, -0.05) is 23.8 Å². The molecule has 90 valence electrons. The molecule has 0 atom stereocenters. The average Bonchev–Trinajstić information content (AvgIpc) is 2.81. The molecular weight excluding hydrogens is 230 g/mol. The van der Waals surface area contributed by atoms with Crippen molar-refractivity contribution in [3.8, 4) is 0 Å². The monoisotopic (exact) mass is 247 g/mol. The summed E-state index contributed by atoms with van der Waals surface area (Å²) in [6.07, 6.45) is 0. The Morgan fingerprint density at radius 2 is 2.12 bits per heavy atom. The predicted octanol–water partition coefficient (Wildman–Crippen LogP) is 3.19. The van der Waals surface area contributed by atoms with Gasteiger partial charge in [-0.25, -0.2) is 0 Å². The average molecular weight is 247 g/mol. The summed E-state index contributed by atoms with van der Waals surface area (Å²) in [5, 5.41) is 11.5. The molecule has 0 aliphatic heterocycles. The number of aryl methyl sites for hydroxylation is 1. The molecule has 0 unspecified atom stereocenters. The normalized spacial score (nSPS) is 10.5. The van der Waals surface area contributed by atoms with Crippen LogP contribution in [-0.4, -0.2) is 12.2 Å². The highest BCUT2D eigenvalue weighted by molar-refractivity contribution is 7.09. The maximum atomic E-state index is 9.39. The number of anilines is 1. The van der Waals surface area contributed by atoms with Crippen molar-refractivity contribution < 1.29 is 5.11 Å². The van der Waals surface area contributed by atoms with Crippen LogP contribution in [0.5, 0.6) is 0 Å². The lowest BCUT2D eigenvalue weighted by molar-refractivity contribution is 0.282. The largest absolute Gasteiger partial charge is 0.392 e. The molecule has 1 N–H and O–H groups in total. The maximum Gasteiger partial charge on any atom is 0.0702 e. The molecule has 0 saturated carbocycles. The molecule has 0 fully saturated rings. The van der Waals surface area contributed by atoms with Crippen LogP contribution in [0.15, 0.2) is 35.7 Å². The second-order valence-corrected chi connectivity index (χ2v) is 5.26. The van der Waals surface area contributed by atoms with Crippen molar-refractivity contribution in [2.75, 3.05) is 11.9 Å². The minimum Gasteiger partial charge on any atom is -0.392 e. The van der Waals surface area contributed by atoms with Crippen molar-refractivity contribution in [2.45, 2.75) is 20.1 Å². The summed E-state index contributed by atoms with van der Waals surface area (Å²) in [6.45, 7) is 3.02. The van der Waals surface area contributed by atoms with Gasteiger partial charge < -0.3 is 10.0 Å². The molecule has 0 radical (unpaired) electrons. The fourth-order valence-corrected chi connectivity index (χ4v) is 2.69. The van der Waals surface area contributed by atoms with Gasteiger partial charge in [0.2, 0.25) is 0 Å². The van der Waals surface area contributed by atoms with E-state index in [4.69, 9.17) is 0 Å². The van der Waals surface area contributed by atoms with Crippen molar-refractivity contribution in [2.24, 2.45) is 0 Å². The van der Waals surface area contributed by atoms with Crippen molar-refractivity contribution in [1.29, 1.82) is 0 Å². The molecule has 0 aliphatic rings. The fourth-order valence-electron chi connectivity index (χ4n) is 1.93. The second-order valence-electron chi connectivity index (χ2n) is 4.23. The molecule has 1 aromatic carbocycles. The second kappa shape index (κ2) is 5.34. The van der Waals surface area contributed by atoms with Gasteiger partial charge in [0.1, 0.15) is 0 Å². The highest BCUT2D eigenvalue weighted by Gasteiger charge is 2.08. The molecule has 3 heteroatoms.